The van der Waals surface area contributed by atoms with Crippen molar-refractivity contribution >= 4 is 17.3 Å². The van der Waals surface area contributed by atoms with E-state index in [9.17, 15) is 23.3 Å². The van der Waals surface area contributed by atoms with Crippen molar-refractivity contribution in [3.8, 4) is 11.5 Å². The van der Waals surface area contributed by atoms with E-state index in [1.165, 1.54) is 12.1 Å². The van der Waals surface area contributed by atoms with Crippen LogP contribution in [-0.4, -0.2) is 4.92 Å². The van der Waals surface area contributed by atoms with Crippen molar-refractivity contribution in [3.63, 3.8) is 0 Å². The molecule has 4 nitrogen and oxygen atoms in total. The first-order valence-corrected chi connectivity index (χ1v) is 5.86. The maximum Gasteiger partial charge on any atom is 0.416 e. The summed E-state index contributed by atoms with van der Waals surface area (Å²) in [5.74, 6) is 0.0345. The third kappa shape index (κ3) is 3.63. The van der Waals surface area contributed by atoms with Crippen LogP contribution in [0.2, 0.25) is 5.02 Å². The average Bonchev–Trinajstić information content (AvgIpc) is 2.40. The number of halogens is 4. The minimum Gasteiger partial charge on any atom is -0.456 e. The highest BCUT2D eigenvalue weighted by molar-refractivity contribution is 6.32. The highest BCUT2D eigenvalue weighted by Gasteiger charge is 2.31. The van der Waals surface area contributed by atoms with Gasteiger partial charge in [-0.2, -0.15) is 13.2 Å². The van der Waals surface area contributed by atoms with E-state index in [2.05, 4.69) is 6.07 Å². The van der Waals surface area contributed by atoms with Gasteiger partial charge in [0.1, 0.15) is 11.5 Å². The van der Waals surface area contributed by atoms with Crippen LogP contribution in [0, 0.1) is 16.2 Å². The van der Waals surface area contributed by atoms with Crippen molar-refractivity contribution in [1.29, 1.82) is 0 Å². The molecule has 0 N–H and O–H groups in total. The summed E-state index contributed by atoms with van der Waals surface area (Å²) in [5.41, 5.74) is -1.23. The Bertz CT molecular complexity index is 689. The van der Waals surface area contributed by atoms with E-state index in [4.69, 9.17) is 16.3 Å². The fourth-order valence-corrected chi connectivity index (χ4v) is 1.71. The molecular weight excluding hydrogens is 311 g/mol. The summed E-state index contributed by atoms with van der Waals surface area (Å²) in [6.45, 7) is 0. The van der Waals surface area contributed by atoms with Gasteiger partial charge in [0.2, 0.25) is 0 Å². The lowest BCUT2D eigenvalue weighted by molar-refractivity contribution is -0.385. The average molecular weight is 317 g/mol. The number of rotatable bonds is 3. The lowest BCUT2D eigenvalue weighted by Crippen LogP contribution is -2.04. The van der Waals surface area contributed by atoms with E-state index >= 15 is 0 Å². The van der Waals surface area contributed by atoms with Crippen LogP contribution in [0.25, 0.3) is 0 Å². The number of ether oxygens (including phenoxy) is 1. The predicted octanol–water partition coefficient (Wildman–Crippen LogP) is 4.86. The number of hydrogen-bond acceptors (Lipinski definition) is 3. The summed E-state index contributed by atoms with van der Waals surface area (Å²) in [6, 6.07) is 8.70. The van der Waals surface area contributed by atoms with Crippen LogP contribution in [0.1, 0.15) is 5.56 Å². The molecule has 0 atom stereocenters. The Morgan fingerprint density at radius 1 is 1.24 bits per heavy atom. The van der Waals surface area contributed by atoms with Crippen molar-refractivity contribution in [2.75, 3.05) is 0 Å². The van der Waals surface area contributed by atoms with Crippen LogP contribution in [-0.2, 0) is 6.18 Å². The maximum absolute atomic E-state index is 12.5. The molecule has 0 amide bonds. The second-order valence-corrected chi connectivity index (χ2v) is 4.32. The highest BCUT2D eigenvalue weighted by Crippen LogP contribution is 2.36. The normalized spacial score (nSPS) is 11.2. The molecule has 0 bridgehead atoms. The summed E-state index contributed by atoms with van der Waals surface area (Å²) in [6.07, 6.45) is -4.51. The Labute approximate surface area is 121 Å². The molecule has 0 aliphatic heterocycles. The fraction of sp³-hybridized carbons (Fsp3) is 0.0769. The van der Waals surface area contributed by atoms with E-state index in [1.807, 2.05) is 0 Å². The molecular formula is C13H6ClF3NO3. The van der Waals surface area contributed by atoms with Crippen molar-refractivity contribution in [2.45, 2.75) is 6.18 Å². The fourth-order valence-electron chi connectivity index (χ4n) is 1.49. The summed E-state index contributed by atoms with van der Waals surface area (Å²) in [4.78, 5) is 9.93. The van der Waals surface area contributed by atoms with Crippen LogP contribution in [0.15, 0.2) is 36.4 Å². The van der Waals surface area contributed by atoms with Gasteiger partial charge >= 0.3 is 6.18 Å². The first-order chi connectivity index (χ1) is 9.77. The van der Waals surface area contributed by atoms with Crippen LogP contribution in [0.3, 0.4) is 0 Å². The lowest BCUT2D eigenvalue weighted by atomic mass is 10.2. The summed E-state index contributed by atoms with van der Waals surface area (Å²) in [7, 11) is 0. The zero-order valence-corrected chi connectivity index (χ0v) is 10.9. The van der Waals surface area contributed by atoms with Crippen LogP contribution in [0.4, 0.5) is 18.9 Å². The molecule has 2 aromatic rings. The van der Waals surface area contributed by atoms with Gasteiger partial charge in [0, 0.05) is 0 Å². The number of hydrogen-bond donors (Lipinski definition) is 0. The molecule has 0 unspecified atom stereocenters. The second-order valence-electron chi connectivity index (χ2n) is 3.91. The largest absolute Gasteiger partial charge is 0.456 e. The van der Waals surface area contributed by atoms with Gasteiger partial charge in [0.15, 0.2) is 0 Å². The SMILES string of the molecule is O=[N+]([O-])c1[c]ccc(Oc2ccc(C(F)(F)F)cc2Cl)c1. The number of nitrogens with zero attached hydrogens (tertiary/aromatic N) is 1. The van der Waals surface area contributed by atoms with E-state index in [0.717, 1.165) is 24.3 Å². The number of benzene rings is 2. The van der Waals surface area contributed by atoms with Crippen molar-refractivity contribution in [2.24, 2.45) is 0 Å². The minimum absolute atomic E-state index is 0.0369. The first kappa shape index (κ1) is 15.1. The lowest BCUT2D eigenvalue weighted by Gasteiger charge is -2.10. The van der Waals surface area contributed by atoms with Gasteiger partial charge in [-0.15, -0.1) is 0 Å². The van der Waals surface area contributed by atoms with E-state index in [-0.39, 0.29) is 22.2 Å². The second kappa shape index (κ2) is 5.61. The van der Waals surface area contributed by atoms with Gasteiger partial charge in [-0.25, -0.2) is 0 Å². The van der Waals surface area contributed by atoms with Gasteiger partial charge in [0.25, 0.3) is 5.69 Å². The third-order valence-corrected chi connectivity index (χ3v) is 2.74. The Morgan fingerprint density at radius 3 is 2.52 bits per heavy atom. The Balaban J connectivity index is 2.28. The summed E-state index contributed by atoms with van der Waals surface area (Å²) in [5, 5.41) is 10.3. The van der Waals surface area contributed by atoms with Gasteiger partial charge < -0.3 is 4.74 Å². The summed E-state index contributed by atoms with van der Waals surface area (Å²) >= 11 is 5.72. The molecule has 2 rings (SSSR count). The predicted molar refractivity (Wildman–Crippen MR) is 68.5 cm³/mol. The molecule has 0 saturated carbocycles. The van der Waals surface area contributed by atoms with Gasteiger partial charge in [0.05, 0.1) is 27.6 Å². The molecule has 2 aromatic carbocycles. The van der Waals surface area contributed by atoms with E-state index < -0.39 is 16.7 Å². The first-order valence-electron chi connectivity index (χ1n) is 5.48. The zero-order valence-electron chi connectivity index (χ0n) is 10.1. The van der Waals surface area contributed by atoms with Gasteiger partial charge in [-0.1, -0.05) is 11.6 Å². The smallest absolute Gasteiger partial charge is 0.416 e. The van der Waals surface area contributed by atoms with Gasteiger partial charge in [-0.3, -0.25) is 10.1 Å². The monoisotopic (exact) mass is 316 g/mol. The van der Waals surface area contributed by atoms with E-state index in [0.29, 0.717) is 0 Å². The number of alkyl halides is 3. The number of nitro groups is 1. The topological polar surface area (TPSA) is 52.4 Å². The molecule has 0 fully saturated rings. The maximum atomic E-state index is 12.5. The molecule has 109 valence electrons. The van der Waals surface area contributed by atoms with Crippen LogP contribution >= 0.6 is 11.6 Å². The Kier molecular flexibility index (Phi) is 4.04. The summed E-state index contributed by atoms with van der Waals surface area (Å²) < 4.78 is 42.7. The van der Waals surface area contributed by atoms with E-state index in [1.54, 1.807) is 0 Å². The standard InChI is InChI=1S/C13H6ClF3NO3/c14-11-6-8(13(15,16)17)4-5-12(11)21-10-3-1-2-9(7-10)18(19)20/h1,3-7H. The molecule has 0 aliphatic rings. The molecule has 8 heteroatoms. The molecule has 1 radical (unpaired) electrons. The molecule has 0 spiro atoms. The molecule has 0 aliphatic carbocycles. The Morgan fingerprint density at radius 2 is 1.95 bits per heavy atom. The highest BCUT2D eigenvalue weighted by atomic mass is 35.5. The quantitative estimate of drug-likeness (QED) is 0.600. The molecule has 0 aromatic heterocycles. The zero-order chi connectivity index (χ0) is 15.6. The Hall–Kier alpha value is -2.28. The van der Waals surface area contributed by atoms with Gasteiger partial charge in [-0.05, 0) is 30.3 Å². The van der Waals surface area contributed by atoms with Crippen LogP contribution < -0.4 is 4.74 Å². The molecule has 21 heavy (non-hydrogen) atoms. The van der Waals surface area contributed by atoms with Crippen LogP contribution in [0.5, 0.6) is 11.5 Å². The van der Waals surface area contributed by atoms with Crippen molar-refractivity contribution in [1.82, 2.24) is 0 Å². The molecule has 0 saturated heterocycles. The molecule has 0 heterocycles. The third-order valence-electron chi connectivity index (χ3n) is 2.44. The minimum atomic E-state index is -4.51. The number of nitro benzene ring substituents is 1. The van der Waals surface area contributed by atoms with Crippen molar-refractivity contribution in [3.05, 3.63) is 63.2 Å². The number of non-ortho nitro benzene ring substituents is 1. The van der Waals surface area contributed by atoms with Crippen molar-refractivity contribution < 1.29 is 22.8 Å².